The molecule has 4 unspecified atom stereocenters. The van der Waals surface area contributed by atoms with Crippen LogP contribution in [0.4, 0.5) is 0 Å². The number of nitrogens with two attached hydrogens (primary N) is 1. The molecule has 1 heterocycles. The van der Waals surface area contributed by atoms with Gasteiger partial charge in [-0.1, -0.05) is 12.8 Å². The van der Waals surface area contributed by atoms with Gasteiger partial charge in [0.25, 0.3) is 0 Å². The van der Waals surface area contributed by atoms with Gasteiger partial charge in [0, 0.05) is 18.6 Å². The molecule has 0 aromatic carbocycles. The van der Waals surface area contributed by atoms with E-state index in [4.69, 9.17) is 5.73 Å². The molecule has 2 N–H and O–H groups in total. The smallest absolute Gasteiger partial charge is 0.227 e. The summed E-state index contributed by atoms with van der Waals surface area (Å²) < 4.78 is 0. The molecule has 2 saturated carbocycles. The van der Waals surface area contributed by atoms with E-state index in [1.54, 1.807) is 0 Å². The van der Waals surface area contributed by atoms with E-state index in [0.29, 0.717) is 11.9 Å². The van der Waals surface area contributed by atoms with Crippen LogP contribution in [0.2, 0.25) is 0 Å². The Morgan fingerprint density at radius 3 is 2.56 bits per heavy atom. The predicted molar refractivity (Wildman–Crippen MR) is 62.8 cm³/mol. The highest BCUT2D eigenvalue weighted by Gasteiger charge is 2.43. The highest BCUT2D eigenvalue weighted by Crippen LogP contribution is 2.39. The number of rotatable bonds is 1. The first-order chi connectivity index (χ1) is 7.75. The Labute approximate surface area is 97.4 Å². The van der Waals surface area contributed by atoms with E-state index in [1.807, 2.05) is 0 Å². The normalized spacial score (nSPS) is 42.7. The van der Waals surface area contributed by atoms with Crippen LogP contribution in [0.25, 0.3) is 0 Å². The third-order valence-electron chi connectivity index (χ3n) is 4.83. The summed E-state index contributed by atoms with van der Waals surface area (Å²) >= 11 is 0. The summed E-state index contributed by atoms with van der Waals surface area (Å²) in [6, 6.07) is 0.687. The van der Waals surface area contributed by atoms with Crippen molar-refractivity contribution in [2.75, 3.05) is 6.54 Å². The second-order valence-electron chi connectivity index (χ2n) is 5.88. The fourth-order valence-electron chi connectivity index (χ4n) is 3.87. The molecule has 2 aliphatic carbocycles. The van der Waals surface area contributed by atoms with Gasteiger partial charge in [-0.25, -0.2) is 0 Å². The average Bonchev–Trinajstić information content (AvgIpc) is 2.90. The van der Waals surface area contributed by atoms with Crippen LogP contribution >= 0.6 is 0 Å². The Kier molecular flexibility index (Phi) is 2.66. The van der Waals surface area contributed by atoms with Gasteiger partial charge < -0.3 is 10.6 Å². The molecule has 3 heteroatoms. The van der Waals surface area contributed by atoms with Crippen LogP contribution in [0.15, 0.2) is 0 Å². The first-order valence-corrected chi connectivity index (χ1v) is 6.82. The van der Waals surface area contributed by atoms with Crippen LogP contribution in [0.5, 0.6) is 0 Å². The lowest BCUT2D eigenvalue weighted by atomic mass is 9.84. The van der Waals surface area contributed by atoms with Crippen molar-refractivity contribution in [1.82, 2.24) is 4.90 Å². The summed E-state index contributed by atoms with van der Waals surface area (Å²) in [5, 5.41) is 0. The fraction of sp³-hybridized carbons (Fsp3) is 0.923. The van der Waals surface area contributed by atoms with Crippen molar-refractivity contribution in [3.05, 3.63) is 0 Å². The van der Waals surface area contributed by atoms with Crippen LogP contribution in [-0.2, 0) is 4.79 Å². The van der Waals surface area contributed by atoms with Crippen molar-refractivity contribution in [3.8, 4) is 0 Å². The molecule has 1 saturated heterocycles. The second-order valence-corrected chi connectivity index (χ2v) is 5.88. The summed E-state index contributed by atoms with van der Waals surface area (Å²) in [6.07, 6.45) is 8.28. The molecule has 16 heavy (non-hydrogen) atoms. The highest BCUT2D eigenvalue weighted by atomic mass is 16.2. The number of nitrogens with zero attached hydrogens (tertiary/aromatic N) is 1. The zero-order valence-electron chi connectivity index (χ0n) is 9.90. The van der Waals surface area contributed by atoms with Crippen LogP contribution < -0.4 is 5.73 Å². The minimum Gasteiger partial charge on any atom is -0.339 e. The molecule has 0 aromatic heterocycles. The first kappa shape index (κ1) is 10.6. The van der Waals surface area contributed by atoms with Crippen LogP contribution in [0, 0.1) is 11.8 Å². The van der Waals surface area contributed by atoms with Crippen molar-refractivity contribution in [3.63, 3.8) is 0 Å². The van der Waals surface area contributed by atoms with E-state index in [-0.39, 0.29) is 12.0 Å². The minimum atomic E-state index is 0.125. The first-order valence-electron chi connectivity index (χ1n) is 6.82. The van der Waals surface area contributed by atoms with E-state index >= 15 is 0 Å². The summed E-state index contributed by atoms with van der Waals surface area (Å²) in [5.74, 6) is 1.31. The quantitative estimate of drug-likeness (QED) is 0.731. The fourth-order valence-corrected chi connectivity index (χ4v) is 3.87. The third-order valence-corrected chi connectivity index (χ3v) is 4.83. The molecule has 3 nitrogen and oxygen atoms in total. The summed E-state index contributed by atoms with van der Waals surface area (Å²) in [6.45, 7) is 1.02. The maximum Gasteiger partial charge on any atom is 0.227 e. The summed E-state index contributed by atoms with van der Waals surface area (Å²) in [7, 11) is 0. The molecular weight excluding hydrogens is 200 g/mol. The van der Waals surface area contributed by atoms with E-state index in [0.717, 1.165) is 25.3 Å². The van der Waals surface area contributed by atoms with Gasteiger partial charge in [0.1, 0.15) is 0 Å². The van der Waals surface area contributed by atoms with Gasteiger partial charge >= 0.3 is 0 Å². The third kappa shape index (κ3) is 1.65. The number of hydrogen-bond donors (Lipinski definition) is 1. The van der Waals surface area contributed by atoms with E-state index in [2.05, 4.69) is 4.90 Å². The number of carbonyl (C=O) groups is 1. The monoisotopic (exact) mass is 222 g/mol. The molecule has 1 amide bonds. The van der Waals surface area contributed by atoms with Gasteiger partial charge in [-0.3, -0.25) is 4.79 Å². The van der Waals surface area contributed by atoms with Crippen molar-refractivity contribution in [1.29, 1.82) is 0 Å². The lowest BCUT2D eigenvalue weighted by Crippen LogP contribution is -2.48. The summed E-state index contributed by atoms with van der Waals surface area (Å²) in [5.41, 5.74) is 6.10. The largest absolute Gasteiger partial charge is 0.339 e. The van der Waals surface area contributed by atoms with Crippen LogP contribution in [-0.4, -0.2) is 29.4 Å². The Balaban J connectivity index is 1.68. The highest BCUT2D eigenvalue weighted by molar-refractivity contribution is 5.80. The van der Waals surface area contributed by atoms with E-state index in [1.165, 1.54) is 32.1 Å². The molecule has 3 fully saturated rings. The molecule has 1 aliphatic heterocycles. The van der Waals surface area contributed by atoms with Gasteiger partial charge in [0.15, 0.2) is 0 Å². The number of amides is 1. The maximum atomic E-state index is 12.4. The van der Waals surface area contributed by atoms with Gasteiger partial charge in [-0.05, 0) is 38.0 Å². The molecule has 0 radical (unpaired) electrons. The van der Waals surface area contributed by atoms with Crippen molar-refractivity contribution >= 4 is 5.91 Å². The maximum absolute atomic E-state index is 12.4. The molecule has 3 aliphatic rings. The van der Waals surface area contributed by atoms with Crippen LogP contribution in [0.1, 0.15) is 44.9 Å². The summed E-state index contributed by atoms with van der Waals surface area (Å²) in [4.78, 5) is 14.6. The number of piperidine rings is 1. The SMILES string of the molecule is NC1CCCCC1C(=O)N1CC2CCC1C2. The molecule has 4 atom stereocenters. The lowest BCUT2D eigenvalue weighted by molar-refractivity contribution is -0.138. The molecular formula is C13H22N2O. The minimum absolute atomic E-state index is 0.125. The predicted octanol–water partition coefficient (Wildman–Crippen LogP) is 1.51. The topological polar surface area (TPSA) is 46.3 Å². The molecule has 90 valence electrons. The average molecular weight is 222 g/mol. The van der Waals surface area contributed by atoms with E-state index in [9.17, 15) is 4.79 Å². The number of hydrogen-bond acceptors (Lipinski definition) is 2. The second kappa shape index (κ2) is 4.02. The standard InChI is InChI=1S/C13H22N2O/c14-12-4-2-1-3-11(12)13(16)15-8-9-5-6-10(15)7-9/h9-12H,1-8,14H2. The molecule has 0 spiro atoms. The van der Waals surface area contributed by atoms with Crippen molar-refractivity contribution in [2.24, 2.45) is 17.6 Å². The van der Waals surface area contributed by atoms with Gasteiger partial charge in [-0.2, -0.15) is 0 Å². The number of fused-ring (bicyclic) bond motifs is 2. The van der Waals surface area contributed by atoms with Gasteiger partial charge in [0.05, 0.1) is 5.92 Å². The Morgan fingerprint density at radius 2 is 1.94 bits per heavy atom. The number of likely N-dealkylation sites (tertiary alicyclic amines) is 1. The molecule has 3 rings (SSSR count). The molecule has 2 bridgehead atoms. The van der Waals surface area contributed by atoms with Crippen molar-refractivity contribution < 1.29 is 4.79 Å². The van der Waals surface area contributed by atoms with E-state index < -0.39 is 0 Å². The number of carbonyl (C=O) groups excluding carboxylic acids is 1. The van der Waals surface area contributed by atoms with Crippen molar-refractivity contribution in [2.45, 2.75) is 57.0 Å². The zero-order chi connectivity index (χ0) is 11.1. The van der Waals surface area contributed by atoms with Crippen LogP contribution in [0.3, 0.4) is 0 Å². The Bertz CT molecular complexity index is 288. The Morgan fingerprint density at radius 1 is 1.12 bits per heavy atom. The lowest BCUT2D eigenvalue weighted by Gasteiger charge is -2.35. The van der Waals surface area contributed by atoms with Gasteiger partial charge in [-0.15, -0.1) is 0 Å². The van der Waals surface area contributed by atoms with Gasteiger partial charge in [0.2, 0.25) is 5.91 Å². The molecule has 0 aromatic rings. The zero-order valence-corrected chi connectivity index (χ0v) is 9.90. The Hall–Kier alpha value is -0.570.